The van der Waals surface area contributed by atoms with E-state index in [1.165, 1.54) is 43.8 Å². The summed E-state index contributed by atoms with van der Waals surface area (Å²) in [4.78, 5) is 12.1. The van der Waals surface area contributed by atoms with Crippen molar-refractivity contribution in [2.75, 3.05) is 31.9 Å². The summed E-state index contributed by atoms with van der Waals surface area (Å²) in [7, 11) is 0. The van der Waals surface area contributed by atoms with Crippen molar-refractivity contribution in [2.45, 2.75) is 70.6 Å². The fourth-order valence-corrected chi connectivity index (χ4v) is 5.53. The third-order valence-corrected chi connectivity index (χ3v) is 7.83. The summed E-state index contributed by atoms with van der Waals surface area (Å²) >= 11 is 3.62. The van der Waals surface area contributed by atoms with Gasteiger partial charge in [0.25, 0.3) is 0 Å². The highest BCUT2D eigenvalue weighted by molar-refractivity contribution is 8.03. The third-order valence-electron chi connectivity index (χ3n) is 5.79. The van der Waals surface area contributed by atoms with Crippen LogP contribution in [0.1, 0.15) is 64.6 Å². The van der Waals surface area contributed by atoms with E-state index in [0.717, 1.165) is 52.1 Å². The van der Waals surface area contributed by atoms with Crippen molar-refractivity contribution >= 4 is 34.9 Å². The molecule has 1 aliphatic rings. The van der Waals surface area contributed by atoms with E-state index in [1.807, 2.05) is 25.1 Å². The number of thioether (sulfide) groups is 2. The van der Waals surface area contributed by atoms with Gasteiger partial charge in [0.2, 0.25) is 0 Å². The van der Waals surface area contributed by atoms with Crippen LogP contribution in [0.4, 0.5) is 0 Å². The number of aliphatic imine (C=N–C) groups is 1. The molecule has 2 heterocycles. The summed E-state index contributed by atoms with van der Waals surface area (Å²) in [5.41, 5.74) is 4.58. The van der Waals surface area contributed by atoms with Crippen molar-refractivity contribution < 1.29 is 0 Å². The summed E-state index contributed by atoms with van der Waals surface area (Å²) < 4.78 is 0. The summed E-state index contributed by atoms with van der Waals surface area (Å²) in [6.07, 6.45) is 10.7. The van der Waals surface area contributed by atoms with Gasteiger partial charge in [-0.3, -0.25) is 4.99 Å². The summed E-state index contributed by atoms with van der Waals surface area (Å²) in [6, 6.07) is 4.14. The second-order valence-corrected chi connectivity index (χ2v) is 11.9. The van der Waals surface area contributed by atoms with E-state index >= 15 is 0 Å². The van der Waals surface area contributed by atoms with E-state index < -0.39 is 0 Å². The van der Waals surface area contributed by atoms with E-state index in [4.69, 9.17) is 4.98 Å². The molecular formula is C29H44N4S2. The van der Waals surface area contributed by atoms with Crippen molar-refractivity contribution in [3.63, 3.8) is 0 Å². The van der Waals surface area contributed by atoms with Crippen LogP contribution in [0.15, 0.2) is 64.1 Å². The second-order valence-electron chi connectivity index (χ2n) is 9.10. The van der Waals surface area contributed by atoms with Gasteiger partial charge in [0.15, 0.2) is 0 Å². The molecule has 4 nitrogen and oxygen atoms in total. The van der Waals surface area contributed by atoms with E-state index in [0.29, 0.717) is 5.25 Å². The molecular weight excluding hydrogens is 468 g/mol. The Balaban J connectivity index is 1.88. The minimum Gasteiger partial charge on any atom is -0.335 e. The number of dihydropyridines is 1. The molecule has 0 aliphatic carbocycles. The molecule has 0 radical (unpaired) electrons. The van der Waals surface area contributed by atoms with Gasteiger partial charge >= 0.3 is 0 Å². The Morgan fingerprint density at radius 3 is 2.74 bits per heavy atom. The molecule has 0 saturated carbocycles. The highest BCUT2D eigenvalue weighted by Crippen LogP contribution is 2.27. The number of rotatable bonds is 15. The minimum atomic E-state index is 0.713. The van der Waals surface area contributed by atoms with Crippen LogP contribution < -0.4 is 5.32 Å². The first-order valence-corrected chi connectivity index (χ1v) is 14.7. The number of nitrogens with zero attached hydrogens (tertiary/aromatic N) is 3. The number of hydrogen-bond donors (Lipinski definition) is 1. The lowest BCUT2D eigenvalue weighted by Crippen LogP contribution is -2.28. The summed E-state index contributed by atoms with van der Waals surface area (Å²) in [6.45, 7) is 23.4. The highest BCUT2D eigenvalue weighted by atomic mass is 32.2. The molecule has 0 atom stereocenters. The molecule has 0 amide bonds. The van der Waals surface area contributed by atoms with Gasteiger partial charge in [-0.05, 0) is 81.1 Å². The van der Waals surface area contributed by atoms with Gasteiger partial charge in [-0.2, -0.15) is 11.8 Å². The maximum absolute atomic E-state index is 4.83. The fraction of sp³-hybridized carbons (Fsp3) is 0.517. The molecule has 35 heavy (non-hydrogen) atoms. The third kappa shape index (κ3) is 10.8. The Bertz CT molecular complexity index is 931. The van der Waals surface area contributed by atoms with Gasteiger partial charge in [0.1, 0.15) is 10.9 Å². The van der Waals surface area contributed by atoms with Crippen LogP contribution in [-0.4, -0.2) is 52.9 Å². The molecule has 1 aromatic heterocycles. The van der Waals surface area contributed by atoms with E-state index in [9.17, 15) is 0 Å². The SMILES string of the molecule is C=C/C(=C\C)c1ccc(C)c(SC(=C)NC2=NCCC(CCCN(CCC)CCSC(C)C)=C2)n1. The Morgan fingerprint density at radius 2 is 2.06 bits per heavy atom. The minimum absolute atomic E-state index is 0.713. The van der Waals surface area contributed by atoms with Crippen LogP contribution in [0.5, 0.6) is 0 Å². The number of aryl methyl sites for hydroxylation is 1. The molecule has 6 heteroatoms. The largest absolute Gasteiger partial charge is 0.335 e. The normalized spacial score (nSPS) is 14.2. The zero-order chi connectivity index (χ0) is 25.6. The smallest absolute Gasteiger partial charge is 0.125 e. The molecule has 0 saturated heterocycles. The molecule has 0 unspecified atom stereocenters. The van der Waals surface area contributed by atoms with Gasteiger partial charge in [-0.1, -0.05) is 69.5 Å². The van der Waals surface area contributed by atoms with Crippen molar-refractivity contribution in [3.8, 4) is 0 Å². The second kappa shape index (κ2) is 16.1. The fourth-order valence-electron chi connectivity index (χ4n) is 3.93. The predicted molar refractivity (Wildman–Crippen MR) is 160 cm³/mol. The number of allylic oxidation sites excluding steroid dienone is 3. The number of hydrogen-bond acceptors (Lipinski definition) is 6. The van der Waals surface area contributed by atoms with Gasteiger partial charge in [0.05, 0.1) is 10.7 Å². The highest BCUT2D eigenvalue weighted by Gasteiger charge is 2.12. The average molecular weight is 513 g/mol. The molecule has 192 valence electrons. The van der Waals surface area contributed by atoms with Crippen LogP contribution in [0.25, 0.3) is 5.57 Å². The number of aromatic nitrogens is 1. The standard InChI is InChI=1S/C29H44N4S2/c1-8-17-33(19-20-34-22(4)5)18-11-12-25-15-16-30-28(21-25)31-24(7)35-29-23(6)13-14-27(32-29)26(9-2)10-3/h9-10,13-14,21-22H,2,7-8,11-12,15-20H2,1,3-6H3,(H,30,31)/b26-10+. The van der Waals surface area contributed by atoms with Gasteiger partial charge in [-0.15, -0.1) is 0 Å². The molecule has 0 fully saturated rings. The van der Waals surface area contributed by atoms with Gasteiger partial charge in [0, 0.05) is 18.8 Å². The predicted octanol–water partition coefficient (Wildman–Crippen LogP) is 7.49. The van der Waals surface area contributed by atoms with Crippen LogP contribution >= 0.6 is 23.5 Å². The number of amidine groups is 1. The zero-order valence-corrected chi connectivity index (χ0v) is 24.0. The first-order chi connectivity index (χ1) is 16.9. The Morgan fingerprint density at radius 1 is 1.26 bits per heavy atom. The van der Waals surface area contributed by atoms with Crippen LogP contribution in [0.2, 0.25) is 0 Å². The summed E-state index contributed by atoms with van der Waals surface area (Å²) in [5, 5.41) is 5.92. The van der Waals surface area contributed by atoms with E-state index in [-0.39, 0.29) is 0 Å². The molecule has 1 aromatic rings. The Labute approximate surface area is 222 Å². The number of nitrogens with one attached hydrogen (secondary N) is 1. The lowest BCUT2D eigenvalue weighted by atomic mass is 10.0. The monoisotopic (exact) mass is 512 g/mol. The lowest BCUT2D eigenvalue weighted by molar-refractivity contribution is 0.287. The first kappa shape index (κ1) is 29.5. The van der Waals surface area contributed by atoms with E-state index in [2.05, 4.69) is 80.0 Å². The topological polar surface area (TPSA) is 40.5 Å². The maximum Gasteiger partial charge on any atom is 0.125 e. The molecule has 0 bridgehead atoms. The number of pyridine rings is 1. The van der Waals surface area contributed by atoms with Gasteiger partial charge in [-0.25, -0.2) is 4.98 Å². The maximum atomic E-state index is 4.83. The lowest BCUT2D eigenvalue weighted by Gasteiger charge is -2.22. The van der Waals surface area contributed by atoms with E-state index in [1.54, 1.807) is 11.8 Å². The van der Waals surface area contributed by atoms with Gasteiger partial charge < -0.3 is 10.2 Å². The van der Waals surface area contributed by atoms with Crippen molar-refractivity contribution in [1.29, 1.82) is 0 Å². The average Bonchev–Trinajstić information content (AvgIpc) is 2.82. The van der Waals surface area contributed by atoms with Crippen molar-refractivity contribution in [3.05, 3.63) is 65.4 Å². The van der Waals surface area contributed by atoms with Crippen LogP contribution in [0.3, 0.4) is 0 Å². The van der Waals surface area contributed by atoms with Crippen molar-refractivity contribution in [1.82, 2.24) is 15.2 Å². The molecule has 0 aromatic carbocycles. The summed E-state index contributed by atoms with van der Waals surface area (Å²) in [5.74, 6) is 2.14. The Hall–Kier alpha value is -1.76. The molecule has 2 rings (SSSR count). The quantitative estimate of drug-likeness (QED) is 0.195. The van der Waals surface area contributed by atoms with Crippen LogP contribution in [-0.2, 0) is 0 Å². The van der Waals surface area contributed by atoms with Crippen LogP contribution in [0, 0.1) is 6.92 Å². The first-order valence-electron chi connectivity index (χ1n) is 12.8. The Kier molecular flexibility index (Phi) is 13.5. The zero-order valence-electron chi connectivity index (χ0n) is 22.4. The molecule has 0 spiro atoms. The molecule has 1 aliphatic heterocycles. The molecule has 1 N–H and O–H groups in total. The van der Waals surface area contributed by atoms with Crippen molar-refractivity contribution in [2.24, 2.45) is 4.99 Å².